The maximum atomic E-state index is 11.1. The second-order valence-corrected chi connectivity index (χ2v) is 6.39. The summed E-state index contributed by atoms with van der Waals surface area (Å²) in [6, 6.07) is 0. The van der Waals surface area contributed by atoms with E-state index in [1.807, 2.05) is 13.8 Å². The molecule has 0 atom stereocenters. The predicted octanol–water partition coefficient (Wildman–Crippen LogP) is 0.841. The molecule has 0 fully saturated rings. The van der Waals surface area contributed by atoms with Crippen LogP contribution in [0.2, 0.25) is 0 Å². The maximum absolute atomic E-state index is 11.1. The lowest BCUT2D eigenvalue weighted by Gasteiger charge is -2.16. The fourth-order valence-corrected chi connectivity index (χ4v) is 1.08. The molecule has 0 aromatic carbocycles. The number of hydrogen-bond acceptors (Lipinski definition) is 3. The molecule has 11 heavy (non-hydrogen) atoms. The molecule has 0 saturated carbocycles. The summed E-state index contributed by atoms with van der Waals surface area (Å²) in [5.74, 6) is 0. The molecule has 0 rings (SSSR count). The van der Waals surface area contributed by atoms with E-state index in [-0.39, 0.29) is 5.54 Å². The van der Waals surface area contributed by atoms with E-state index in [2.05, 4.69) is 4.36 Å². The molecule has 0 bridgehead atoms. The first kappa shape index (κ1) is 10.9. The lowest BCUT2D eigenvalue weighted by Crippen LogP contribution is -2.32. The van der Waals surface area contributed by atoms with Gasteiger partial charge in [-0.2, -0.15) is 0 Å². The molecule has 2 N–H and O–H groups in total. The minimum Gasteiger partial charge on any atom is -0.325 e. The van der Waals surface area contributed by atoms with Gasteiger partial charge in [-0.3, -0.25) is 4.21 Å². The molecule has 0 aliphatic carbocycles. The van der Waals surface area contributed by atoms with Crippen molar-refractivity contribution in [1.82, 2.24) is 0 Å². The molecule has 0 aliphatic heterocycles. The van der Waals surface area contributed by atoms with Gasteiger partial charge in [-0.05, 0) is 20.3 Å². The molecule has 0 aromatic heterocycles. The Labute approximate surface area is 69.5 Å². The SMILES string of the molecule is CC(C)(N)CCN=S(C)(C)=O. The standard InChI is InChI=1S/C7H18N2OS/c1-7(2,8)5-6-9-11(3,4)10/h5-6,8H2,1-4H3. The van der Waals surface area contributed by atoms with Gasteiger partial charge in [-0.1, -0.05) is 0 Å². The highest BCUT2D eigenvalue weighted by atomic mass is 32.2. The predicted molar refractivity (Wildman–Crippen MR) is 50.2 cm³/mol. The van der Waals surface area contributed by atoms with Gasteiger partial charge in [0.15, 0.2) is 0 Å². The van der Waals surface area contributed by atoms with E-state index in [0.717, 1.165) is 6.42 Å². The largest absolute Gasteiger partial charge is 0.325 e. The van der Waals surface area contributed by atoms with Crippen LogP contribution in [0.5, 0.6) is 0 Å². The fourth-order valence-electron chi connectivity index (χ4n) is 0.554. The van der Waals surface area contributed by atoms with Crippen LogP contribution in [-0.4, -0.2) is 28.8 Å². The van der Waals surface area contributed by atoms with Gasteiger partial charge in [0, 0.05) is 27.8 Å². The first-order valence-electron chi connectivity index (χ1n) is 3.62. The second kappa shape index (κ2) is 3.54. The molecule has 0 aromatic rings. The summed E-state index contributed by atoms with van der Waals surface area (Å²) >= 11 is 0. The fraction of sp³-hybridized carbons (Fsp3) is 1.00. The van der Waals surface area contributed by atoms with Crippen molar-refractivity contribution in [2.45, 2.75) is 25.8 Å². The van der Waals surface area contributed by atoms with Crippen LogP contribution in [0.15, 0.2) is 4.36 Å². The van der Waals surface area contributed by atoms with Crippen LogP contribution in [-0.2, 0) is 9.73 Å². The van der Waals surface area contributed by atoms with E-state index in [0.29, 0.717) is 6.54 Å². The van der Waals surface area contributed by atoms with E-state index in [1.165, 1.54) is 0 Å². The Balaban J connectivity index is 3.86. The molecule has 3 nitrogen and oxygen atoms in total. The Morgan fingerprint density at radius 2 is 1.91 bits per heavy atom. The normalized spacial score (nSPS) is 13.2. The van der Waals surface area contributed by atoms with Gasteiger partial charge in [-0.15, -0.1) is 0 Å². The summed E-state index contributed by atoms with van der Waals surface area (Å²) < 4.78 is 15.1. The van der Waals surface area contributed by atoms with Crippen LogP contribution in [0.1, 0.15) is 20.3 Å². The van der Waals surface area contributed by atoms with Crippen molar-refractivity contribution in [2.24, 2.45) is 10.1 Å². The van der Waals surface area contributed by atoms with Crippen LogP contribution < -0.4 is 5.73 Å². The molecule has 0 saturated heterocycles. The van der Waals surface area contributed by atoms with Crippen LogP contribution in [0.4, 0.5) is 0 Å². The van der Waals surface area contributed by atoms with E-state index in [9.17, 15) is 4.21 Å². The van der Waals surface area contributed by atoms with Gasteiger partial charge in [0.2, 0.25) is 0 Å². The minimum absolute atomic E-state index is 0.200. The summed E-state index contributed by atoms with van der Waals surface area (Å²) in [5.41, 5.74) is 5.51. The minimum atomic E-state index is -1.93. The van der Waals surface area contributed by atoms with Gasteiger partial charge >= 0.3 is 0 Å². The van der Waals surface area contributed by atoms with E-state index < -0.39 is 9.73 Å². The number of nitrogens with two attached hydrogens (primary N) is 1. The van der Waals surface area contributed by atoms with Crippen molar-refractivity contribution >= 4 is 9.73 Å². The molecule has 0 heterocycles. The van der Waals surface area contributed by atoms with E-state index in [1.54, 1.807) is 12.5 Å². The summed E-state index contributed by atoms with van der Waals surface area (Å²) in [6.45, 7) is 4.47. The van der Waals surface area contributed by atoms with Gasteiger partial charge in [0.05, 0.1) is 6.54 Å². The highest BCUT2D eigenvalue weighted by Crippen LogP contribution is 2.03. The zero-order valence-corrected chi connectivity index (χ0v) is 8.57. The topological polar surface area (TPSA) is 55.4 Å². The van der Waals surface area contributed by atoms with Crippen molar-refractivity contribution in [3.63, 3.8) is 0 Å². The molecular weight excluding hydrogens is 160 g/mol. The first-order valence-corrected chi connectivity index (χ1v) is 5.96. The number of hydrogen-bond donors (Lipinski definition) is 1. The summed E-state index contributed by atoms with van der Waals surface area (Å²) in [6.07, 6.45) is 4.05. The highest BCUT2D eigenvalue weighted by molar-refractivity contribution is 7.92. The summed E-state index contributed by atoms with van der Waals surface area (Å²) in [4.78, 5) is 0. The third kappa shape index (κ3) is 9.91. The number of rotatable bonds is 3. The smallest absolute Gasteiger partial charge is 0.0501 e. The second-order valence-electron chi connectivity index (χ2n) is 3.77. The van der Waals surface area contributed by atoms with Crippen molar-refractivity contribution in [2.75, 3.05) is 19.1 Å². The van der Waals surface area contributed by atoms with Crippen LogP contribution in [0.25, 0.3) is 0 Å². The van der Waals surface area contributed by atoms with Crippen LogP contribution in [0.3, 0.4) is 0 Å². The summed E-state index contributed by atoms with van der Waals surface area (Å²) in [7, 11) is -1.93. The maximum Gasteiger partial charge on any atom is 0.0501 e. The Bertz CT molecular complexity index is 213. The van der Waals surface area contributed by atoms with Gasteiger partial charge < -0.3 is 5.73 Å². The van der Waals surface area contributed by atoms with Crippen molar-refractivity contribution in [1.29, 1.82) is 0 Å². The zero-order valence-electron chi connectivity index (χ0n) is 7.76. The number of nitrogens with zero attached hydrogens (tertiary/aromatic N) is 1. The van der Waals surface area contributed by atoms with Crippen LogP contribution >= 0.6 is 0 Å². The van der Waals surface area contributed by atoms with Crippen molar-refractivity contribution < 1.29 is 4.21 Å². The monoisotopic (exact) mass is 178 g/mol. The third-order valence-electron chi connectivity index (χ3n) is 1.16. The quantitative estimate of drug-likeness (QED) is 0.696. The van der Waals surface area contributed by atoms with E-state index >= 15 is 0 Å². The average molecular weight is 178 g/mol. The average Bonchev–Trinajstić information content (AvgIpc) is 1.55. The third-order valence-corrected chi connectivity index (χ3v) is 1.96. The molecule has 0 amide bonds. The van der Waals surface area contributed by atoms with Crippen molar-refractivity contribution in [3.05, 3.63) is 0 Å². The highest BCUT2D eigenvalue weighted by Gasteiger charge is 2.08. The Kier molecular flexibility index (Phi) is 3.51. The van der Waals surface area contributed by atoms with Crippen molar-refractivity contribution in [3.8, 4) is 0 Å². The molecule has 0 spiro atoms. The first-order chi connectivity index (χ1) is 4.71. The molecular formula is C7H18N2OS. The Morgan fingerprint density at radius 3 is 2.18 bits per heavy atom. The van der Waals surface area contributed by atoms with E-state index in [4.69, 9.17) is 5.73 Å². The Morgan fingerprint density at radius 1 is 1.45 bits per heavy atom. The molecule has 0 unspecified atom stereocenters. The lowest BCUT2D eigenvalue weighted by atomic mass is 10.0. The lowest BCUT2D eigenvalue weighted by molar-refractivity contribution is 0.485. The zero-order chi connectivity index (χ0) is 9.12. The van der Waals surface area contributed by atoms with Gasteiger partial charge in [0.25, 0.3) is 0 Å². The molecule has 0 aliphatic rings. The summed E-state index contributed by atoms with van der Waals surface area (Å²) in [5, 5.41) is 0. The van der Waals surface area contributed by atoms with Gasteiger partial charge in [0.1, 0.15) is 0 Å². The molecule has 4 heteroatoms. The van der Waals surface area contributed by atoms with Gasteiger partial charge in [-0.25, -0.2) is 4.36 Å². The molecule has 0 radical (unpaired) electrons. The van der Waals surface area contributed by atoms with Crippen LogP contribution in [0, 0.1) is 0 Å². The molecule has 68 valence electrons. The Hall–Kier alpha value is -0.0900.